The zero-order valence-electron chi connectivity index (χ0n) is 15.3. The summed E-state index contributed by atoms with van der Waals surface area (Å²) >= 11 is 0. The van der Waals surface area contributed by atoms with Gasteiger partial charge in [0.2, 0.25) is 0 Å². The molecule has 1 N–H and O–H groups in total. The van der Waals surface area contributed by atoms with Gasteiger partial charge in [-0.2, -0.15) is 8.42 Å². The lowest BCUT2D eigenvalue weighted by atomic mass is 10.0. The molecule has 0 aliphatic carbocycles. The number of sulfonamides is 1. The van der Waals surface area contributed by atoms with Crippen molar-refractivity contribution in [2.75, 3.05) is 12.4 Å². The molecule has 0 unspecified atom stereocenters. The Morgan fingerprint density at radius 1 is 1.00 bits per heavy atom. The first-order chi connectivity index (χ1) is 12.3. The maximum Gasteiger partial charge on any atom is 0.285 e. The topological polar surface area (TPSA) is 67.8 Å². The van der Waals surface area contributed by atoms with E-state index in [0.29, 0.717) is 22.9 Å². The van der Waals surface area contributed by atoms with E-state index in [4.69, 9.17) is 4.74 Å². The van der Waals surface area contributed by atoms with Gasteiger partial charge in [0, 0.05) is 11.3 Å². The summed E-state index contributed by atoms with van der Waals surface area (Å²) in [6.07, 6.45) is 0. The molecule has 5 nitrogen and oxygen atoms in total. The summed E-state index contributed by atoms with van der Waals surface area (Å²) in [5.41, 5.74) is 3.18. The van der Waals surface area contributed by atoms with Gasteiger partial charge in [0.1, 0.15) is 16.5 Å². The highest BCUT2D eigenvalue weighted by Crippen LogP contribution is 2.33. The van der Waals surface area contributed by atoms with E-state index in [1.807, 2.05) is 36.4 Å². The van der Waals surface area contributed by atoms with Crippen molar-refractivity contribution >= 4 is 26.5 Å². The van der Waals surface area contributed by atoms with Gasteiger partial charge in [-0.25, -0.2) is 0 Å². The Balaban J connectivity index is 1.93. The number of benzene rings is 2. The number of nitrogens with zero attached hydrogens (tertiary/aromatic N) is 1. The van der Waals surface area contributed by atoms with Crippen molar-refractivity contribution in [3.63, 3.8) is 0 Å². The molecule has 0 radical (unpaired) electrons. The van der Waals surface area contributed by atoms with Gasteiger partial charge in [0.25, 0.3) is 10.0 Å². The maximum absolute atomic E-state index is 12.6. The van der Waals surface area contributed by atoms with Crippen LogP contribution >= 0.6 is 0 Å². The molecule has 2 aromatic rings. The third-order valence-corrected chi connectivity index (χ3v) is 5.84. The normalized spacial score (nSPS) is 16.0. The predicted molar refractivity (Wildman–Crippen MR) is 106 cm³/mol. The van der Waals surface area contributed by atoms with Crippen molar-refractivity contribution in [3.8, 4) is 5.75 Å². The monoisotopic (exact) mass is 370 g/mol. The Labute approximate surface area is 154 Å². The van der Waals surface area contributed by atoms with Crippen molar-refractivity contribution in [2.24, 2.45) is 4.40 Å². The molecule has 0 fully saturated rings. The third-order valence-electron chi connectivity index (χ3n) is 4.36. The predicted octanol–water partition coefficient (Wildman–Crippen LogP) is 4.40. The standard InChI is InChI=1S/C20H22N2O3S/c1-13(2)15-5-7-16(8-6-15)19-14(3)20(22-26(19,23)24)21-17-9-11-18(25-4)12-10-17/h5-13H,1-4H3,(H,21,22). The summed E-state index contributed by atoms with van der Waals surface area (Å²) in [7, 11) is -2.13. The molecule has 0 amide bonds. The molecule has 0 saturated carbocycles. The lowest BCUT2D eigenvalue weighted by Crippen LogP contribution is -2.11. The van der Waals surface area contributed by atoms with Crippen molar-refractivity contribution in [3.05, 3.63) is 65.2 Å². The summed E-state index contributed by atoms with van der Waals surface area (Å²) < 4.78 is 34.2. The fourth-order valence-electron chi connectivity index (χ4n) is 2.85. The average molecular weight is 370 g/mol. The van der Waals surface area contributed by atoms with Crippen LogP contribution in [-0.2, 0) is 10.0 Å². The van der Waals surface area contributed by atoms with Crippen molar-refractivity contribution in [1.82, 2.24) is 0 Å². The van der Waals surface area contributed by atoms with Gasteiger partial charge >= 0.3 is 0 Å². The number of rotatable bonds is 4. The van der Waals surface area contributed by atoms with Crippen LogP contribution in [0.2, 0.25) is 0 Å². The second-order valence-electron chi connectivity index (χ2n) is 6.50. The Morgan fingerprint density at radius 3 is 2.15 bits per heavy atom. The molecule has 1 heterocycles. The molecule has 0 aromatic heterocycles. The minimum Gasteiger partial charge on any atom is -0.497 e. The van der Waals surface area contributed by atoms with Crippen LogP contribution in [0.3, 0.4) is 0 Å². The van der Waals surface area contributed by atoms with E-state index >= 15 is 0 Å². The van der Waals surface area contributed by atoms with Gasteiger partial charge in [0.15, 0.2) is 0 Å². The summed E-state index contributed by atoms with van der Waals surface area (Å²) in [5, 5.41) is 3.08. The third kappa shape index (κ3) is 3.51. The lowest BCUT2D eigenvalue weighted by Gasteiger charge is -2.09. The maximum atomic E-state index is 12.6. The number of amidine groups is 1. The Bertz CT molecular complexity index is 971. The van der Waals surface area contributed by atoms with Gasteiger partial charge in [-0.1, -0.05) is 38.1 Å². The first-order valence-corrected chi connectivity index (χ1v) is 9.83. The number of hydrogen-bond acceptors (Lipinski definition) is 4. The molecule has 0 bridgehead atoms. The minimum absolute atomic E-state index is 0.254. The zero-order valence-corrected chi connectivity index (χ0v) is 16.1. The molecule has 2 aromatic carbocycles. The van der Waals surface area contributed by atoms with E-state index in [9.17, 15) is 8.42 Å². The van der Waals surface area contributed by atoms with Crippen LogP contribution in [0.1, 0.15) is 37.8 Å². The fraction of sp³-hybridized carbons (Fsp3) is 0.250. The van der Waals surface area contributed by atoms with Crippen LogP contribution in [0.15, 0.2) is 58.5 Å². The largest absolute Gasteiger partial charge is 0.497 e. The first-order valence-electron chi connectivity index (χ1n) is 8.39. The van der Waals surface area contributed by atoms with Crippen LogP contribution in [0.5, 0.6) is 5.75 Å². The smallest absolute Gasteiger partial charge is 0.285 e. The van der Waals surface area contributed by atoms with E-state index in [2.05, 4.69) is 23.6 Å². The Morgan fingerprint density at radius 2 is 1.62 bits per heavy atom. The zero-order chi connectivity index (χ0) is 18.9. The van der Waals surface area contributed by atoms with Gasteiger partial charge in [-0.3, -0.25) is 0 Å². The van der Waals surface area contributed by atoms with E-state index in [0.717, 1.165) is 11.4 Å². The molecule has 26 heavy (non-hydrogen) atoms. The van der Waals surface area contributed by atoms with E-state index < -0.39 is 10.0 Å². The van der Waals surface area contributed by atoms with Gasteiger partial charge in [0.05, 0.1) is 7.11 Å². The van der Waals surface area contributed by atoms with Crippen molar-refractivity contribution in [1.29, 1.82) is 0 Å². The second kappa shape index (κ2) is 6.96. The molecule has 6 heteroatoms. The van der Waals surface area contributed by atoms with Crippen LogP contribution in [0, 0.1) is 0 Å². The molecular weight excluding hydrogens is 348 g/mol. The summed E-state index contributed by atoms with van der Waals surface area (Å²) in [5.74, 6) is 1.47. The van der Waals surface area contributed by atoms with E-state index in [1.54, 1.807) is 26.2 Å². The molecule has 0 atom stereocenters. The molecule has 0 saturated heterocycles. The first kappa shape index (κ1) is 18.2. The molecule has 1 aliphatic heterocycles. The number of ether oxygens (including phenoxy) is 1. The molecule has 0 spiro atoms. The van der Waals surface area contributed by atoms with Gasteiger partial charge in [-0.15, -0.1) is 4.40 Å². The molecule has 136 valence electrons. The lowest BCUT2D eigenvalue weighted by molar-refractivity contribution is 0.415. The van der Waals surface area contributed by atoms with Crippen LogP contribution in [0.4, 0.5) is 5.69 Å². The average Bonchev–Trinajstić information content (AvgIpc) is 2.84. The summed E-state index contributed by atoms with van der Waals surface area (Å²) in [4.78, 5) is 0.254. The van der Waals surface area contributed by atoms with Crippen LogP contribution < -0.4 is 10.1 Å². The van der Waals surface area contributed by atoms with Crippen LogP contribution in [0.25, 0.3) is 4.91 Å². The molecular formula is C20H22N2O3S. The minimum atomic E-state index is -3.72. The van der Waals surface area contributed by atoms with E-state index in [1.165, 1.54) is 5.56 Å². The van der Waals surface area contributed by atoms with Gasteiger partial charge < -0.3 is 10.1 Å². The number of methoxy groups -OCH3 is 1. The van der Waals surface area contributed by atoms with Crippen LogP contribution in [-0.4, -0.2) is 21.4 Å². The molecule has 3 rings (SSSR count). The van der Waals surface area contributed by atoms with Crippen molar-refractivity contribution in [2.45, 2.75) is 26.7 Å². The number of hydrogen-bond donors (Lipinski definition) is 1. The number of nitrogens with one attached hydrogen (secondary N) is 1. The second-order valence-corrected chi connectivity index (χ2v) is 8.04. The van der Waals surface area contributed by atoms with Crippen molar-refractivity contribution < 1.29 is 13.2 Å². The highest BCUT2D eigenvalue weighted by molar-refractivity contribution is 8.00. The molecule has 1 aliphatic rings. The summed E-state index contributed by atoms with van der Waals surface area (Å²) in [6.45, 7) is 5.98. The highest BCUT2D eigenvalue weighted by Gasteiger charge is 2.31. The number of anilines is 1. The Hall–Kier alpha value is -2.60. The summed E-state index contributed by atoms with van der Waals surface area (Å²) in [6, 6.07) is 14.9. The van der Waals surface area contributed by atoms with Gasteiger partial charge in [-0.05, 0) is 48.2 Å². The Kier molecular flexibility index (Phi) is 4.87. The van der Waals surface area contributed by atoms with E-state index in [-0.39, 0.29) is 4.91 Å². The SMILES string of the molecule is COc1ccc(NC2=NS(=O)(=O)C(c3ccc(C(C)C)cc3)=C2C)cc1. The fourth-order valence-corrected chi connectivity index (χ4v) is 4.28. The highest BCUT2D eigenvalue weighted by atomic mass is 32.2. The quantitative estimate of drug-likeness (QED) is 0.866.